The van der Waals surface area contributed by atoms with Crippen LogP contribution < -0.4 is 16.4 Å². The number of aryl methyl sites for hydroxylation is 1. The fourth-order valence-electron chi connectivity index (χ4n) is 4.20. The van der Waals surface area contributed by atoms with E-state index in [1.165, 1.54) is 18.4 Å². The Bertz CT molecular complexity index is 1070. The van der Waals surface area contributed by atoms with Gasteiger partial charge in [-0.05, 0) is 69.0 Å². The lowest BCUT2D eigenvalue weighted by molar-refractivity contribution is -0.126. The molecule has 1 fully saturated rings. The van der Waals surface area contributed by atoms with Gasteiger partial charge in [-0.2, -0.15) is 5.10 Å². The summed E-state index contributed by atoms with van der Waals surface area (Å²) in [6.45, 7) is 12.3. The predicted octanol–water partition coefficient (Wildman–Crippen LogP) is 4.79. The van der Waals surface area contributed by atoms with E-state index in [-0.39, 0.29) is 18.6 Å². The molecule has 0 aliphatic heterocycles. The average molecular weight is 572 g/mol. The molecule has 1 aromatic carbocycles. The highest BCUT2D eigenvalue weighted by molar-refractivity contribution is 6.76. The normalized spacial score (nSPS) is 14.6. The molecule has 2 amide bonds. The zero-order chi connectivity index (χ0) is 29.2. The molecule has 1 saturated carbocycles. The highest BCUT2D eigenvalue weighted by Crippen LogP contribution is 2.27. The van der Waals surface area contributed by atoms with Gasteiger partial charge in [0.15, 0.2) is 0 Å². The topological polar surface area (TPSA) is 120 Å². The quantitative estimate of drug-likeness (QED) is 0.185. The van der Waals surface area contributed by atoms with Crippen LogP contribution in [0.1, 0.15) is 62.4 Å². The van der Waals surface area contributed by atoms with E-state index in [0.717, 1.165) is 30.1 Å². The second-order valence-corrected chi connectivity index (χ2v) is 18.4. The largest absolute Gasteiger partial charge is 0.449 e. The number of amides is 2. The fraction of sp³-hybridized carbons (Fsp3) is 0.633. The number of hydrogen-bond acceptors (Lipinski definition) is 6. The zero-order valence-electron chi connectivity index (χ0n) is 25.0. The summed E-state index contributed by atoms with van der Waals surface area (Å²) >= 11 is 0. The second-order valence-electron chi connectivity index (χ2n) is 12.8. The Morgan fingerprint density at radius 3 is 2.52 bits per heavy atom. The summed E-state index contributed by atoms with van der Waals surface area (Å²) in [5.74, 6) is 0.352. The number of carbonyl (C=O) groups is 2. The molecule has 0 spiro atoms. The van der Waals surface area contributed by atoms with Gasteiger partial charge in [-0.15, -0.1) is 0 Å². The van der Waals surface area contributed by atoms with Crippen molar-refractivity contribution in [2.24, 2.45) is 11.7 Å². The van der Waals surface area contributed by atoms with Gasteiger partial charge in [0.1, 0.15) is 6.73 Å². The molecule has 1 unspecified atom stereocenters. The maximum atomic E-state index is 13.0. The average Bonchev–Trinajstić information content (AvgIpc) is 3.63. The number of hydrogen-bond donors (Lipinski definition) is 3. The molecule has 0 bridgehead atoms. The highest BCUT2D eigenvalue weighted by atomic mass is 28.3. The first-order chi connectivity index (χ1) is 18.9. The standard InChI is InChI=1S/C30H49N5O4Si/c1-30(2,31)28(36)33-26(13-9-12-23-10-7-6-8-11-23)27-25(16-17-39-29(37)32-20-24-14-15-24)21-35(34-27)22-38-18-19-40(3,4)5/h6-8,10-11,21,24,26H,9,12-20,22,31H2,1-5H3,(H,32,37)(H,33,36). The van der Waals surface area contributed by atoms with Gasteiger partial charge in [-0.25, -0.2) is 9.48 Å². The molecule has 1 aliphatic rings. The van der Waals surface area contributed by atoms with Crippen molar-refractivity contribution in [2.45, 2.75) is 96.4 Å². The van der Waals surface area contributed by atoms with E-state index in [1.807, 2.05) is 24.4 Å². The molecule has 0 saturated heterocycles. The molecule has 3 rings (SSSR count). The van der Waals surface area contributed by atoms with Gasteiger partial charge in [-0.1, -0.05) is 50.0 Å². The number of carbonyl (C=O) groups excluding carboxylic acids is 2. The van der Waals surface area contributed by atoms with E-state index in [4.69, 9.17) is 20.3 Å². The van der Waals surface area contributed by atoms with Crippen LogP contribution in [0.15, 0.2) is 36.5 Å². The number of ether oxygens (including phenoxy) is 2. The van der Waals surface area contributed by atoms with Crippen LogP contribution >= 0.6 is 0 Å². The molecular weight excluding hydrogens is 522 g/mol. The maximum absolute atomic E-state index is 13.0. The first-order valence-electron chi connectivity index (χ1n) is 14.6. The number of benzene rings is 1. The van der Waals surface area contributed by atoms with Crippen LogP contribution in [0.5, 0.6) is 0 Å². The zero-order valence-corrected chi connectivity index (χ0v) is 26.0. The van der Waals surface area contributed by atoms with Crippen molar-refractivity contribution in [3.63, 3.8) is 0 Å². The molecule has 1 heterocycles. The minimum Gasteiger partial charge on any atom is -0.449 e. The number of aromatic nitrogens is 2. The molecule has 1 aromatic heterocycles. The van der Waals surface area contributed by atoms with Gasteiger partial charge >= 0.3 is 6.09 Å². The van der Waals surface area contributed by atoms with E-state index < -0.39 is 19.7 Å². The summed E-state index contributed by atoms with van der Waals surface area (Å²) < 4.78 is 13.2. The molecule has 1 atom stereocenters. The second kappa shape index (κ2) is 14.8. The van der Waals surface area contributed by atoms with Crippen LogP contribution in [0.2, 0.25) is 25.7 Å². The highest BCUT2D eigenvalue weighted by Gasteiger charge is 2.28. The van der Waals surface area contributed by atoms with Crippen LogP contribution in [-0.2, 0) is 33.8 Å². The molecule has 4 N–H and O–H groups in total. The minimum absolute atomic E-state index is 0.221. The van der Waals surface area contributed by atoms with E-state index >= 15 is 0 Å². The third-order valence-corrected chi connectivity index (χ3v) is 8.65. The Hall–Kier alpha value is -2.69. The van der Waals surface area contributed by atoms with Crippen molar-refractivity contribution < 1.29 is 19.1 Å². The summed E-state index contributed by atoms with van der Waals surface area (Å²) in [5, 5.41) is 10.8. The van der Waals surface area contributed by atoms with Crippen molar-refractivity contribution >= 4 is 20.1 Å². The number of alkyl carbamates (subject to hydrolysis) is 1. The van der Waals surface area contributed by atoms with E-state index in [2.05, 4.69) is 42.4 Å². The van der Waals surface area contributed by atoms with Crippen LogP contribution in [0, 0.1) is 5.92 Å². The first-order valence-corrected chi connectivity index (χ1v) is 18.3. The van der Waals surface area contributed by atoms with Crippen LogP contribution in [0.25, 0.3) is 0 Å². The molecular formula is C30H49N5O4Si. The number of rotatable bonds is 17. The summed E-state index contributed by atoms with van der Waals surface area (Å²) in [6, 6.07) is 11.0. The summed E-state index contributed by atoms with van der Waals surface area (Å²) in [5.41, 5.74) is 8.04. The van der Waals surface area contributed by atoms with Crippen molar-refractivity contribution in [1.29, 1.82) is 0 Å². The predicted molar refractivity (Wildman–Crippen MR) is 161 cm³/mol. The maximum Gasteiger partial charge on any atom is 0.407 e. The Morgan fingerprint density at radius 2 is 1.88 bits per heavy atom. The van der Waals surface area contributed by atoms with E-state index in [1.54, 1.807) is 18.5 Å². The van der Waals surface area contributed by atoms with Gasteiger partial charge in [0, 0.05) is 33.8 Å². The third-order valence-electron chi connectivity index (χ3n) is 6.95. The minimum atomic E-state index is -1.21. The van der Waals surface area contributed by atoms with Crippen molar-refractivity contribution in [1.82, 2.24) is 20.4 Å². The van der Waals surface area contributed by atoms with Crippen LogP contribution in [-0.4, -0.2) is 55.2 Å². The van der Waals surface area contributed by atoms with Crippen LogP contribution in [0.4, 0.5) is 4.79 Å². The summed E-state index contributed by atoms with van der Waals surface area (Å²) in [4.78, 5) is 25.1. The lowest BCUT2D eigenvalue weighted by Gasteiger charge is -2.24. The van der Waals surface area contributed by atoms with Gasteiger partial charge < -0.3 is 25.8 Å². The Kier molecular flexibility index (Phi) is 11.8. The third kappa shape index (κ3) is 11.8. The molecule has 9 nitrogen and oxygen atoms in total. The number of nitrogens with one attached hydrogen (secondary N) is 2. The van der Waals surface area contributed by atoms with Crippen LogP contribution in [0.3, 0.4) is 0 Å². The first kappa shape index (κ1) is 31.8. The molecule has 2 aromatic rings. The van der Waals surface area contributed by atoms with E-state index in [9.17, 15) is 9.59 Å². The van der Waals surface area contributed by atoms with Crippen molar-refractivity contribution in [3.05, 3.63) is 53.3 Å². The molecule has 1 aliphatic carbocycles. The van der Waals surface area contributed by atoms with Gasteiger partial charge in [0.25, 0.3) is 0 Å². The fourth-order valence-corrected chi connectivity index (χ4v) is 4.95. The molecule has 40 heavy (non-hydrogen) atoms. The van der Waals surface area contributed by atoms with Gasteiger partial charge in [0.2, 0.25) is 5.91 Å². The lowest BCUT2D eigenvalue weighted by atomic mass is 9.98. The van der Waals surface area contributed by atoms with Gasteiger partial charge in [-0.3, -0.25) is 4.79 Å². The number of nitrogens with zero attached hydrogens (tertiary/aromatic N) is 2. The Labute approximate surface area is 240 Å². The lowest BCUT2D eigenvalue weighted by Crippen LogP contribution is -2.50. The van der Waals surface area contributed by atoms with Crippen molar-refractivity contribution in [3.8, 4) is 0 Å². The summed E-state index contributed by atoms with van der Waals surface area (Å²) in [6.07, 6.45) is 6.81. The summed E-state index contributed by atoms with van der Waals surface area (Å²) in [7, 11) is -1.21. The van der Waals surface area contributed by atoms with Crippen molar-refractivity contribution in [2.75, 3.05) is 19.8 Å². The van der Waals surface area contributed by atoms with E-state index in [0.29, 0.717) is 38.6 Å². The molecule has 10 heteroatoms. The van der Waals surface area contributed by atoms with Gasteiger partial charge in [0.05, 0.1) is 23.9 Å². The Morgan fingerprint density at radius 1 is 1.15 bits per heavy atom. The molecule has 222 valence electrons. The SMILES string of the molecule is CC(C)(N)C(=O)NC(CCCc1ccccc1)c1nn(COCC[Si](C)(C)C)cc1CCOC(=O)NCC1CC1. The monoisotopic (exact) mass is 571 g/mol. The Balaban J connectivity index is 1.72. The smallest absolute Gasteiger partial charge is 0.407 e. The number of nitrogens with two attached hydrogens (primary N) is 1. The molecule has 0 radical (unpaired) electrons.